The number of alkyl carbamates (subject to hydrolysis) is 1. The Balaban J connectivity index is 1.32. The van der Waals surface area contributed by atoms with Crippen molar-refractivity contribution >= 4 is 18.0 Å². The van der Waals surface area contributed by atoms with E-state index in [1.807, 2.05) is 36.4 Å². The van der Waals surface area contributed by atoms with Crippen LogP contribution in [0.5, 0.6) is 0 Å². The fourth-order valence-corrected chi connectivity index (χ4v) is 3.98. The third-order valence-corrected chi connectivity index (χ3v) is 5.73. The molecule has 174 valence electrons. The normalized spacial score (nSPS) is 12.9. The smallest absolute Gasteiger partial charge is 0.407 e. The highest BCUT2D eigenvalue weighted by Gasteiger charge is 2.29. The largest absolute Gasteiger partial charge is 0.478 e. The summed E-state index contributed by atoms with van der Waals surface area (Å²) in [5.41, 5.74) is 4.44. The van der Waals surface area contributed by atoms with Crippen molar-refractivity contribution in [3.63, 3.8) is 0 Å². The highest BCUT2D eigenvalue weighted by atomic mass is 16.5. The Labute approximate surface area is 196 Å². The van der Waals surface area contributed by atoms with Crippen molar-refractivity contribution in [2.75, 3.05) is 6.61 Å². The maximum absolute atomic E-state index is 12.5. The Kier molecular flexibility index (Phi) is 6.82. The number of carbonyl (C=O) groups is 3. The van der Waals surface area contributed by atoms with Gasteiger partial charge in [-0.2, -0.15) is 0 Å². The first-order valence-electron chi connectivity index (χ1n) is 10.9. The van der Waals surface area contributed by atoms with Crippen molar-refractivity contribution in [2.45, 2.75) is 31.8 Å². The summed E-state index contributed by atoms with van der Waals surface area (Å²) in [5, 5.41) is 14.1. The maximum Gasteiger partial charge on any atom is 0.407 e. The molecule has 4 rings (SSSR count). The standard InChI is InChI=1S/C25H24N4O5/c1-2-21(23(30)28-13-22-26-11-15(12-27-22)24(31)32)29-25(33)34-14-20-18-9-5-3-7-16(18)17-8-4-6-10-19(17)20/h3-12,20-21H,2,13-14H2,1H3,(H,28,30)(H,29,33)(H,31,32)/t21-/m1/s1. The number of nitrogens with one attached hydrogen (secondary N) is 2. The van der Waals surface area contributed by atoms with Crippen LogP contribution in [0.3, 0.4) is 0 Å². The molecule has 1 aromatic heterocycles. The van der Waals surface area contributed by atoms with Gasteiger partial charge in [-0.15, -0.1) is 0 Å². The summed E-state index contributed by atoms with van der Waals surface area (Å²) in [5.74, 6) is -1.36. The summed E-state index contributed by atoms with van der Waals surface area (Å²) in [4.78, 5) is 43.7. The Hall–Kier alpha value is -4.27. The van der Waals surface area contributed by atoms with E-state index in [1.165, 1.54) is 12.4 Å². The number of carboxylic acid groups (broad SMARTS) is 1. The van der Waals surface area contributed by atoms with Gasteiger partial charge in [-0.05, 0) is 28.7 Å². The van der Waals surface area contributed by atoms with E-state index in [0.29, 0.717) is 6.42 Å². The number of hydrogen-bond donors (Lipinski definition) is 3. The lowest BCUT2D eigenvalue weighted by Gasteiger charge is -2.18. The van der Waals surface area contributed by atoms with Crippen LogP contribution in [0.15, 0.2) is 60.9 Å². The first-order chi connectivity index (χ1) is 16.5. The van der Waals surface area contributed by atoms with E-state index >= 15 is 0 Å². The molecule has 9 nitrogen and oxygen atoms in total. The Morgan fingerprint density at radius 1 is 1.00 bits per heavy atom. The van der Waals surface area contributed by atoms with Crippen LogP contribution in [0, 0.1) is 0 Å². The molecule has 0 fully saturated rings. The number of aromatic nitrogens is 2. The van der Waals surface area contributed by atoms with E-state index in [9.17, 15) is 14.4 Å². The van der Waals surface area contributed by atoms with Crippen LogP contribution in [0.2, 0.25) is 0 Å². The number of rotatable bonds is 8. The van der Waals surface area contributed by atoms with Crippen LogP contribution in [0.25, 0.3) is 11.1 Å². The van der Waals surface area contributed by atoms with Gasteiger partial charge in [0.25, 0.3) is 0 Å². The summed E-state index contributed by atoms with van der Waals surface area (Å²) in [6.45, 7) is 1.93. The van der Waals surface area contributed by atoms with Gasteiger partial charge in [-0.1, -0.05) is 55.5 Å². The predicted molar refractivity (Wildman–Crippen MR) is 123 cm³/mol. The number of fused-ring (bicyclic) bond motifs is 3. The third kappa shape index (κ3) is 4.88. The predicted octanol–water partition coefficient (Wildman–Crippen LogP) is 3.11. The van der Waals surface area contributed by atoms with Gasteiger partial charge >= 0.3 is 12.1 Å². The summed E-state index contributed by atoms with van der Waals surface area (Å²) in [6.07, 6.45) is 2.02. The monoisotopic (exact) mass is 460 g/mol. The number of aromatic carboxylic acids is 1. The van der Waals surface area contributed by atoms with E-state index in [-0.39, 0.29) is 30.5 Å². The van der Waals surface area contributed by atoms with Gasteiger partial charge in [0.2, 0.25) is 5.91 Å². The van der Waals surface area contributed by atoms with Gasteiger partial charge in [0.15, 0.2) is 0 Å². The molecule has 0 radical (unpaired) electrons. The highest BCUT2D eigenvalue weighted by Crippen LogP contribution is 2.44. The first-order valence-corrected chi connectivity index (χ1v) is 10.9. The van der Waals surface area contributed by atoms with Gasteiger partial charge in [-0.3, -0.25) is 4.79 Å². The quantitative estimate of drug-likeness (QED) is 0.471. The molecule has 1 aliphatic rings. The molecule has 0 aliphatic heterocycles. The second kappa shape index (κ2) is 10.1. The molecule has 0 saturated carbocycles. The number of carbonyl (C=O) groups excluding carboxylic acids is 2. The Morgan fingerprint density at radius 3 is 2.15 bits per heavy atom. The lowest BCUT2D eigenvalue weighted by atomic mass is 9.98. The van der Waals surface area contributed by atoms with E-state index < -0.39 is 24.0 Å². The number of carboxylic acids is 1. The average molecular weight is 460 g/mol. The summed E-state index contributed by atoms with van der Waals surface area (Å²) in [6, 6.07) is 15.3. The molecule has 9 heteroatoms. The molecule has 0 unspecified atom stereocenters. The second-order valence-electron chi connectivity index (χ2n) is 7.84. The fraction of sp³-hybridized carbons (Fsp3) is 0.240. The van der Waals surface area contributed by atoms with Crippen LogP contribution < -0.4 is 10.6 Å². The average Bonchev–Trinajstić information content (AvgIpc) is 3.18. The molecule has 2 amide bonds. The number of benzene rings is 2. The fourth-order valence-electron chi connectivity index (χ4n) is 3.98. The zero-order chi connectivity index (χ0) is 24.1. The lowest BCUT2D eigenvalue weighted by Crippen LogP contribution is -2.46. The van der Waals surface area contributed by atoms with E-state index in [1.54, 1.807) is 6.92 Å². The zero-order valence-electron chi connectivity index (χ0n) is 18.5. The second-order valence-corrected chi connectivity index (χ2v) is 7.84. The summed E-state index contributed by atoms with van der Waals surface area (Å²) < 4.78 is 5.51. The molecule has 3 N–H and O–H groups in total. The highest BCUT2D eigenvalue weighted by molar-refractivity contribution is 5.87. The third-order valence-electron chi connectivity index (χ3n) is 5.73. The molecule has 1 heterocycles. The molecule has 34 heavy (non-hydrogen) atoms. The van der Waals surface area contributed by atoms with E-state index in [0.717, 1.165) is 22.3 Å². The van der Waals surface area contributed by atoms with Gasteiger partial charge in [0, 0.05) is 18.3 Å². The molecule has 1 aliphatic carbocycles. The van der Waals surface area contributed by atoms with Gasteiger partial charge in [0.1, 0.15) is 18.5 Å². The zero-order valence-corrected chi connectivity index (χ0v) is 18.5. The molecule has 1 atom stereocenters. The molecular formula is C25H24N4O5. The lowest BCUT2D eigenvalue weighted by molar-refractivity contribution is -0.123. The van der Waals surface area contributed by atoms with Crippen molar-refractivity contribution in [1.29, 1.82) is 0 Å². The minimum absolute atomic E-state index is 0.00159. The first kappa shape index (κ1) is 22.9. The van der Waals surface area contributed by atoms with Crippen LogP contribution in [-0.4, -0.2) is 45.7 Å². The van der Waals surface area contributed by atoms with Crippen molar-refractivity contribution in [3.05, 3.63) is 83.4 Å². The van der Waals surface area contributed by atoms with Crippen LogP contribution in [0.1, 0.15) is 46.6 Å². The van der Waals surface area contributed by atoms with E-state index in [2.05, 4.69) is 32.7 Å². The number of hydrogen-bond acceptors (Lipinski definition) is 6. The van der Waals surface area contributed by atoms with Crippen LogP contribution in [-0.2, 0) is 16.1 Å². The molecule has 0 bridgehead atoms. The number of nitrogens with zero attached hydrogens (tertiary/aromatic N) is 2. The molecule has 3 aromatic rings. The van der Waals surface area contributed by atoms with Crippen LogP contribution in [0.4, 0.5) is 4.79 Å². The van der Waals surface area contributed by atoms with Gasteiger partial charge in [0.05, 0.1) is 12.1 Å². The Morgan fingerprint density at radius 2 is 1.59 bits per heavy atom. The van der Waals surface area contributed by atoms with E-state index in [4.69, 9.17) is 9.84 Å². The molecular weight excluding hydrogens is 436 g/mol. The Bertz CT molecular complexity index is 1170. The van der Waals surface area contributed by atoms with Crippen LogP contribution >= 0.6 is 0 Å². The van der Waals surface area contributed by atoms with Gasteiger partial charge < -0.3 is 20.5 Å². The number of amides is 2. The van der Waals surface area contributed by atoms with Crippen molar-refractivity contribution < 1.29 is 24.2 Å². The van der Waals surface area contributed by atoms with Crippen molar-refractivity contribution in [3.8, 4) is 11.1 Å². The summed E-state index contributed by atoms with van der Waals surface area (Å²) >= 11 is 0. The van der Waals surface area contributed by atoms with Gasteiger partial charge in [-0.25, -0.2) is 19.6 Å². The minimum Gasteiger partial charge on any atom is -0.478 e. The summed E-state index contributed by atoms with van der Waals surface area (Å²) in [7, 11) is 0. The maximum atomic E-state index is 12.5. The molecule has 2 aromatic carbocycles. The van der Waals surface area contributed by atoms with Crippen molar-refractivity contribution in [2.24, 2.45) is 0 Å². The molecule has 0 spiro atoms. The molecule has 0 saturated heterocycles. The topological polar surface area (TPSA) is 131 Å². The van der Waals surface area contributed by atoms with Crippen molar-refractivity contribution in [1.82, 2.24) is 20.6 Å². The number of ether oxygens (including phenoxy) is 1. The SMILES string of the molecule is CC[C@@H](NC(=O)OCC1c2ccccc2-c2ccccc21)C(=O)NCc1ncc(C(=O)O)cn1. The minimum atomic E-state index is -1.13.